The number of aryl methyl sites for hydroxylation is 1. The Labute approximate surface area is 95.4 Å². The average Bonchev–Trinajstić information content (AvgIpc) is 2.59. The molecule has 0 amide bonds. The second-order valence-corrected chi connectivity index (χ2v) is 4.90. The minimum atomic E-state index is 0.415. The lowest BCUT2D eigenvalue weighted by atomic mass is 10.3. The fourth-order valence-electron chi connectivity index (χ4n) is 0.991. The molecule has 72 valence electrons. The highest BCUT2D eigenvalue weighted by molar-refractivity contribution is 14.1. The van der Waals surface area contributed by atoms with E-state index in [0.29, 0.717) is 13.1 Å². The normalized spacial score (nSPS) is 9.92. The van der Waals surface area contributed by atoms with E-state index in [1.807, 2.05) is 6.07 Å². The third-order valence-corrected chi connectivity index (χ3v) is 3.45. The highest BCUT2D eigenvalue weighted by Crippen LogP contribution is 2.18. The van der Waals surface area contributed by atoms with Gasteiger partial charge in [0, 0.05) is 9.75 Å². The maximum Gasteiger partial charge on any atom is 0.293 e. The highest BCUT2D eigenvalue weighted by atomic mass is 127. The van der Waals surface area contributed by atoms with Crippen molar-refractivity contribution in [2.45, 2.75) is 19.4 Å². The van der Waals surface area contributed by atoms with Crippen LogP contribution in [0.25, 0.3) is 0 Å². The van der Waals surface area contributed by atoms with Gasteiger partial charge in [0.15, 0.2) is 0 Å². The van der Waals surface area contributed by atoms with Crippen LogP contribution >= 0.6 is 33.9 Å². The summed E-state index contributed by atoms with van der Waals surface area (Å²) in [4.78, 5) is 12.4. The van der Waals surface area contributed by atoms with Crippen molar-refractivity contribution in [2.75, 3.05) is 4.43 Å². The van der Waals surface area contributed by atoms with Crippen LogP contribution in [-0.2, 0) is 22.6 Å². The molecule has 0 saturated carbocycles. The SMILES string of the molecule is O=COCc1ccc(CCCI)s1. The number of carbonyl (C=O) groups is 1. The predicted molar refractivity (Wildman–Crippen MR) is 62.4 cm³/mol. The van der Waals surface area contributed by atoms with Crippen LogP contribution in [0.2, 0.25) is 0 Å². The first-order valence-corrected chi connectivity index (χ1v) is 6.40. The molecule has 0 saturated heterocycles. The quantitative estimate of drug-likeness (QED) is 0.459. The topological polar surface area (TPSA) is 26.3 Å². The van der Waals surface area contributed by atoms with Gasteiger partial charge in [-0.3, -0.25) is 4.79 Å². The smallest absolute Gasteiger partial charge is 0.293 e. The van der Waals surface area contributed by atoms with E-state index < -0.39 is 0 Å². The van der Waals surface area contributed by atoms with Gasteiger partial charge in [-0.05, 0) is 29.4 Å². The van der Waals surface area contributed by atoms with Gasteiger partial charge in [-0.1, -0.05) is 22.6 Å². The van der Waals surface area contributed by atoms with Crippen molar-refractivity contribution in [3.63, 3.8) is 0 Å². The zero-order valence-corrected chi connectivity index (χ0v) is 10.1. The molecule has 0 aliphatic rings. The van der Waals surface area contributed by atoms with E-state index in [1.54, 1.807) is 11.3 Å². The van der Waals surface area contributed by atoms with Crippen molar-refractivity contribution >= 4 is 40.4 Å². The number of halogens is 1. The standard InChI is InChI=1S/C9H11IO2S/c10-5-1-2-8-3-4-9(13-8)6-12-7-11/h3-4,7H,1-2,5-6H2. The lowest BCUT2D eigenvalue weighted by Gasteiger charge is -1.93. The zero-order valence-electron chi connectivity index (χ0n) is 7.16. The predicted octanol–water partition coefficient (Wildman–Crippen LogP) is 2.79. The fourth-order valence-corrected chi connectivity index (χ4v) is 2.36. The largest absolute Gasteiger partial charge is 0.462 e. The molecule has 1 aromatic rings. The first-order valence-electron chi connectivity index (χ1n) is 4.05. The van der Waals surface area contributed by atoms with Gasteiger partial charge in [0.2, 0.25) is 0 Å². The minimum absolute atomic E-state index is 0.415. The Hall–Kier alpha value is -0.100. The Morgan fingerprint density at radius 1 is 1.46 bits per heavy atom. The molecule has 0 unspecified atom stereocenters. The summed E-state index contributed by atoms with van der Waals surface area (Å²) in [5, 5.41) is 0. The van der Waals surface area contributed by atoms with Crippen LogP contribution in [0.1, 0.15) is 16.2 Å². The van der Waals surface area contributed by atoms with Gasteiger partial charge < -0.3 is 4.74 Å². The first kappa shape index (κ1) is 11.0. The number of hydrogen-bond acceptors (Lipinski definition) is 3. The van der Waals surface area contributed by atoms with E-state index in [-0.39, 0.29) is 0 Å². The number of hydrogen-bond donors (Lipinski definition) is 0. The molecule has 1 heterocycles. The maximum absolute atomic E-state index is 9.94. The summed E-state index contributed by atoms with van der Waals surface area (Å²) in [6, 6.07) is 4.14. The number of rotatable bonds is 6. The van der Waals surface area contributed by atoms with Gasteiger partial charge >= 0.3 is 0 Å². The van der Waals surface area contributed by atoms with E-state index in [0.717, 1.165) is 11.3 Å². The van der Waals surface area contributed by atoms with Crippen molar-refractivity contribution in [3.8, 4) is 0 Å². The van der Waals surface area contributed by atoms with Gasteiger partial charge in [-0.25, -0.2) is 0 Å². The number of carbonyl (C=O) groups excluding carboxylic acids is 1. The summed E-state index contributed by atoms with van der Waals surface area (Å²) in [5.74, 6) is 0. The highest BCUT2D eigenvalue weighted by Gasteiger charge is 1.99. The molecular formula is C9H11IO2S. The van der Waals surface area contributed by atoms with Crippen molar-refractivity contribution in [1.82, 2.24) is 0 Å². The summed E-state index contributed by atoms with van der Waals surface area (Å²) in [6.07, 6.45) is 2.35. The second kappa shape index (κ2) is 6.37. The summed E-state index contributed by atoms with van der Waals surface area (Å²) < 4.78 is 5.86. The maximum atomic E-state index is 9.94. The van der Waals surface area contributed by atoms with Gasteiger partial charge in [0.1, 0.15) is 6.61 Å². The van der Waals surface area contributed by atoms with Crippen LogP contribution in [0.4, 0.5) is 0 Å². The van der Waals surface area contributed by atoms with Crippen molar-refractivity contribution in [2.24, 2.45) is 0 Å². The molecule has 1 rings (SSSR count). The molecule has 0 N–H and O–H groups in total. The molecular weight excluding hydrogens is 299 g/mol. The molecule has 13 heavy (non-hydrogen) atoms. The molecule has 0 bridgehead atoms. The molecule has 4 heteroatoms. The summed E-state index contributed by atoms with van der Waals surface area (Å²) in [7, 11) is 0. The summed E-state index contributed by atoms with van der Waals surface area (Å²) in [6.45, 7) is 0.905. The van der Waals surface area contributed by atoms with Crippen LogP contribution in [0.3, 0.4) is 0 Å². The van der Waals surface area contributed by atoms with Crippen molar-refractivity contribution in [3.05, 3.63) is 21.9 Å². The van der Waals surface area contributed by atoms with E-state index >= 15 is 0 Å². The Kier molecular flexibility index (Phi) is 5.38. The van der Waals surface area contributed by atoms with Crippen LogP contribution in [0.15, 0.2) is 12.1 Å². The third kappa shape index (κ3) is 4.08. The average molecular weight is 310 g/mol. The first-order chi connectivity index (χ1) is 6.36. The van der Waals surface area contributed by atoms with Gasteiger partial charge in [0.05, 0.1) is 0 Å². The Morgan fingerprint density at radius 2 is 2.23 bits per heavy atom. The number of alkyl halides is 1. The lowest BCUT2D eigenvalue weighted by Crippen LogP contribution is -1.85. The molecule has 0 radical (unpaired) electrons. The van der Waals surface area contributed by atoms with Crippen LogP contribution < -0.4 is 0 Å². The second-order valence-electron chi connectivity index (χ2n) is 2.57. The fraction of sp³-hybridized carbons (Fsp3) is 0.444. The van der Waals surface area contributed by atoms with E-state index in [4.69, 9.17) is 0 Å². The number of ether oxygens (including phenoxy) is 1. The molecule has 0 spiro atoms. The Balaban J connectivity index is 2.38. The monoisotopic (exact) mass is 310 g/mol. The summed E-state index contributed by atoms with van der Waals surface area (Å²) in [5.41, 5.74) is 0. The summed E-state index contributed by atoms with van der Waals surface area (Å²) >= 11 is 4.10. The molecule has 0 aliphatic heterocycles. The Morgan fingerprint density at radius 3 is 2.92 bits per heavy atom. The third-order valence-electron chi connectivity index (χ3n) is 1.57. The van der Waals surface area contributed by atoms with Gasteiger partial charge in [-0.15, -0.1) is 11.3 Å². The van der Waals surface area contributed by atoms with Crippen molar-refractivity contribution in [1.29, 1.82) is 0 Å². The van der Waals surface area contributed by atoms with E-state index in [1.165, 1.54) is 15.7 Å². The van der Waals surface area contributed by atoms with Crippen LogP contribution in [-0.4, -0.2) is 10.9 Å². The lowest BCUT2D eigenvalue weighted by molar-refractivity contribution is -0.129. The van der Waals surface area contributed by atoms with Crippen LogP contribution in [0.5, 0.6) is 0 Å². The van der Waals surface area contributed by atoms with Gasteiger partial charge in [0.25, 0.3) is 6.47 Å². The van der Waals surface area contributed by atoms with Gasteiger partial charge in [-0.2, -0.15) is 0 Å². The number of thiophene rings is 1. The van der Waals surface area contributed by atoms with Crippen molar-refractivity contribution < 1.29 is 9.53 Å². The Bertz CT molecular complexity index is 260. The molecule has 0 aromatic carbocycles. The molecule has 2 nitrogen and oxygen atoms in total. The molecule has 0 aliphatic carbocycles. The van der Waals surface area contributed by atoms with E-state index in [9.17, 15) is 4.79 Å². The molecule has 0 atom stereocenters. The van der Waals surface area contributed by atoms with E-state index in [2.05, 4.69) is 33.4 Å². The van der Waals surface area contributed by atoms with Crippen LogP contribution in [0, 0.1) is 0 Å². The molecule has 1 aromatic heterocycles. The molecule has 0 fully saturated rings. The minimum Gasteiger partial charge on any atom is -0.462 e. The zero-order chi connectivity index (χ0) is 9.52.